The number of nitriles is 2. The first-order valence-electron chi connectivity index (χ1n) is 5.35. The van der Waals surface area contributed by atoms with Crippen LogP contribution in [0, 0.1) is 29.6 Å². The van der Waals surface area contributed by atoms with E-state index in [1.54, 1.807) is 0 Å². The van der Waals surface area contributed by atoms with Gasteiger partial charge in [0.2, 0.25) is 0 Å². The number of rotatable bonds is 4. The van der Waals surface area contributed by atoms with Crippen molar-refractivity contribution in [3.8, 4) is 12.1 Å². The Bertz CT molecular complexity index is 437. The van der Waals surface area contributed by atoms with Crippen molar-refractivity contribution in [1.29, 1.82) is 10.5 Å². The van der Waals surface area contributed by atoms with E-state index in [-0.39, 0.29) is 0 Å². The van der Waals surface area contributed by atoms with Gasteiger partial charge in [0.05, 0.1) is 23.7 Å². The van der Waals surface area contributed by atoms with Crippen LogP contribution >= 0.6 is 0 Å². The molecule has 0 atom stereocenters. The topological polar surface area (TPSA) is 50.8 Å². The Labute approximate surface area is 96.5 Å². The molecular weight excluding hydrogens is 198 g/mol. The molecule has 0 aliphatic heterocycles. The molecule has 3 nitrogen and oxygen atoms in total. The van der Waals surface area contributed by atoms with Crippen molar-refractivity contribution < 1.29 is 0 Å². The van der Waals surface area contributed by atoms with Crippen molar-refractivity contribution >= 4 is 5.69 Å². The molecule has 0 aliphatic rings. The molecule has 0 fully saturated rings. The smallest absolute Gasteiger partial charge is 0.101 e. The fourth-order valence-corrected chi connectivity index (χ4v) is 1.63. The molecule has 1 rings (SSSR count). The van der Waals surface area contributed by atoms with Gasteiger partial charge in [-0.15, -0.1) is 0 Å². The van der Waals surface area contributed by atoms with Gasteiger partial charge < -0.3 is 4.90 Å². The molecule has 0 amide bonds. The number of hydrogen-bond donors (Lipinski definition) is 0. The van der Waals surface area contributed by atoms with Crippen LogP contribution in [0.1, 0.15) is 24.5 Å². The summed E-state index contributed by atoms with van der Waals surface area (Å²) in [5, 5.41) is 17.6. The highest BCUT2D eigenvalue weighted by Gasteiger charge is 2.09. The highest BCUT2D eigenvalue weighted by Crippen LogP contribution is 2.21. The zero-order valence-corrected chi connectivity index (χ0v) is 9.70. The molecule has 0 spiro atoms. The molecule has 0 radical (unpaired) electrons. The minimum absolute atomic E-state index is 0.479. The van der Waals surface area contributed by atoms with Crippen LogP contribution in [-0.4, -0.2) is 13.1 Å². The molecule has 0 aliphatic carbocycles. The highest BCUT2D eigenvalue weighted by atomic mass is 15.1. The van der Waals surface area contributed by atoms with E-state index in [9.17, 15) is 0 Å². The maximum absolute atomic E-state index is 9.04. The number of aryl methyl sites for hydroxylation is 1. The van der Waals surface area contributed by atoms with Gasteiger partial charge in [0.25, 0.3) is 0 Å². The van der Waals surface area contributed by atoms with Crippen molar-refractivity contribution in [1.82, 2.24) is 0 Å². The molecule has 1 aromatic carbocycles. The maximum Gasteiger partial charge on any atom is 0.101 e. The molecule has 0 saturated carbocycles. The second-order valence-corrected chi connectivity index (χ2v) is 3.62. The SMILES string of the molecule is CCN(CCC#N)c1cc(C)ccc1C#N. The third-order valence-electron chi connectivity index (χ3n) is 2.49. The van der Waals surface area contributed by atoms with Gasteiger partial charge in [-0.2, -0.15) is 10.5 Å². The summed E-state index contributed by atoms with van der Waals surface area (Å²) in [6.45, 7) is 5.51. The molecule has 0 heterocycles. The minimum Gasteiger partial charge on any atom is -0.370 e. The molecule has 0 bridgehead atoms. The number of hydrogen-bond acceptors (Lipinski definition) is 3. The predicted octanol–water partition coefficient (Wildman–Crippen LogP) is 2.61. The van der Waals surface area contributed by atoms with Crippen LogP contribution in [0.3, 0.4) is 0 Å². The van der Waals surface area contributed by atoms with Gasteiger partial charge in [-0.1, -0.05) is 6.07 Å². The number of anilines is 1. The molecular formula is C13H15N3. The van der Waals surface area contributed by atoms with E-state index < -0.39 is 0 Å². The second-order valence-electron chi connectivity index (χ2n) is 3.62. The Morgan fingerprint density at radius 3 is 2.62 bits per heavy atom. The predicted molar refractivity (Wildman–Crippen MR) is 64.0 cm³/mol. The molecule has 0 unspecified atom stereocenters. The molecule has 16 heavy (non-hydrogen) atoms. The van der Waals surface area contributed by atoms with Crippen molar-refractivity contribution in [3.63, 3.8) is 0 Å². The van der Waals surface area contributed by atoms with Gasteiger partial charge in [0.15, 0.2) is 0 Å². The van der Waals surface area contributed by atoms with E-state index in [2.05, 4.69) is 17.0 Å². The Hall–Kier alpha value is -2.00. The summed E-state index contributed by atoms with van der Waals surface area (Å²) >= 11 is 0. The Kier molecular flexibility index (Phi) is 4.36. The standard InChI is InChI=1S/C13H15N3/c1-3-16(8-4-7-14)13-9-11(2)5-6-12(13)10-15/h5-6,9H,3-4,8H2,1-2H3. The van der Waals surface area contributed by atoms with Gasteiger partial charge in [-0.05, 0) is 31.5 Å². The average Bonchev–Trinajstić information content (AvgIpc) is 2.30. The lowest BCUT2D eigenvalue weighted by molar-refractivity contribution is 0.825. The molecule has 0 saturated heterocycles. The van der Waals surface area contributed by atoms with Crippen LogP contribution in [0.15, 0.2) is 18.2 Å². The van der Waals surface area contributed by atoms with Crippen LogP contribution < -0.4 is 4.90 Å². The summed E-state index contributed by atoms with van der Waals surface area (Å²) in [4.78, 5) is 2.06. The summed E-state index contributed by atoms with van der Waals surface area (Å²) in [5.74, 6) is 0. The zero-order chi connectivity index (χ0) is 12.0. The van der Waals surface area contributed by atoms with E-state index in [1.807, 2.05) is 32.0 Å². The van der Waals surface area contributed by atoms with Crippen molar-refractivity contribution in [2.45, 2.75) is 20.3 Å². The fourth-order valence-electron chi connectivity index (χ4n) is 1.63. The molecule has 82 valence electrons. The Balaban J connectivity index is 3.04. The van der Waals surface area contributed by atoms with Crippen molar-refractivity contribution in [3.05, 3.63) is 29.3 Å². The van der Waals surface area contributed by atoms with Crippen LogP contribution in [0.25, 0.3) is 0 Å². The monoisotopic (exact) mass is 213 g/mol. The largest absolute Gasteiger partial charge is 0.370 e. The van der Waals surface area contributed by atoms with E-state index in [0.717, 1.165) is 17.8 Å². The number of benzene rings is 1. The summed E-state index contributed by atoms with van der Waals surface area (Å²) in [6, 6.07) is 10.1. The summed E-state index contributed by atoms with van der Waals surface area (Å²) in [7, 11) is 0. The molecule has 0 N–H and O–H groups in total. The maximum atomic E-state index is 9.04. The van der Waals surface area contributed by atoms with Crippen LogP contribution in [0.5, 0.6) is 0 Å². The highest BCUT2D eigenvalue weighted by molar-refractivity contribution is 5.60. The van der Waals surface area contributed by atoms with E-state index in [4.69, 9.17) is 10.5 Å². The first-order valence-corrected chi connectivity index (χ1v) is 5.35. The van der Waals surface area contributed by atoms with Gasteiger partial charge in [0.1, 0.15) is 6.07 Å². The average molecular weight is 213 g/mol. The van der Waals surface area contributed by atoms with Gasteiger partial charge in [-0.25, -0.2) is 0 Å². The third-order valence-corrected chi connectivity index (χ3v) is 2.49. The minimum atomic E-state index is 0.479. The van der Waals surface area contributed by atoms with Gasteiger partial charge in [-0.3, -0.25) is 0 Å². The Morgan fingerprint density at radius 1 is 1.31 bits per heavy atom. The van der Waals surface area contributed by atoms with Gasteiger partial charge >= 0.3 is 0 Å². The van der Waals surface area contributed by atoms with E-state index in [0.29, 0.717) is 18.5 Å². The third kappa shape index (κ3) is 2.74. The normalized spacial score (nSPS) is 9.25. The van der Waals surface area contributed by atoms with Gasteiger partial charge in [0, 0.05) is 13.1 Å². The first-order chi connectivity index (χ1) is 7.72. The lowest BCUT2D eigenvalue weighted by Crippen LogP contribution is -2.24. The molecule has 0 aromatic heterocycles. The number of nitrogens with zero attached hydrogens (tertiary/aromatic N) is 3. The van der Waals surface area contributed by atoms with E-state index in [1.165, 1.54) is 0 Å². The summed E-state index contributed by atoms with van der Waals surface area (Å²) in [6.07, 6.45) is 0.479. The molecule has 1 aromatic rings. The first kappa shape index (κ1) is 12.1. The van der Waals surface area contributed by atoms with Crippen LogP contribution in [-0.2, 0) is 0 Å². The fraction of sp³-hybridized carbons (Fsp3) is 0.385. The Morgan fingerprint density at radius 2 is 2.06 bits per heavy atom. The van der Waals surface area contributed by atoms with Crippen LogP contribution in [0.4, 0.5) is 5.69 Å². The van der Waals surface area contributed by atoms with E-state index >= 15 is 0 Å². The second kappa shape index (κ2) is 5.78. The van der Waals surface area contributed by atoms with Crippen molar-refractivity contribution in [2.75, 3.05) is 18.0 Å². The molecule has 3 heteroatoms. The lowest BCUT2D eigenvalue weighted by atomic mass is 10.1. The zero-order valence-electron chi connectivity index (χ0n) is 9.70. The quantitative estimate of drug-likeness (QED) is 0.772. The lowest BCUT2D eigenvalue weighted by Gasteiger charge is -2.23. The van der Waals surface area contributed by atoms with Crippen LogP contribution in [0.2, 0.25) is 0 Å². The summed E-state index contributed by atoms with van der Waals surface area (Å²) < 4.78 is 0. The summed E-state index contributed by atoms with van der Waals surface area (Å²) in [5.41, 5.74) is 2.73. The van der Waals surface area contributed by atoms with Crippen molar-refractivity contribution in [2.24, 2.45) is 0 Å².